The fourth-order valence-electron chi connectivity index (χ4n) is 2.16. The first-order chi connectivity index (χ1) is 9.70. The van der Waals surface area contributed by atoms with Gasteiger partial charge in [0, 0.05) is 37.6 Å². The third-order valence-electron chi connectivity index (χ3n) is 3.45. The zero-order valence-corrected chi connectivity index (χ0v) is 11.8. The van der Waals surface area contributed by atoms with Gasteiger partial charge in [0.15, 0.2) is 0 Å². The van der Waals surface area contributed by atoms with Gasteiger partial charge in [-0.15, -0.1) is 0 Å². The van der Waals surface area contributed by atoms with E-state index in [-0.39, 0.29) is 5.56 Å². The third kappa shape index (κ3) is 3.71. The Morgan fingerprint density at radius 2 is 1.90 bits per heavy atom. The van der Waals surface area contributed by atoms with Crippen molar-refractivity contribution in [2.24, 2.45) is 0 Å². The second-order valence-corrected chi connectivity index (χ2v) is 4.80. The van der Waals surface area contributed by atoms with Crippen LogP contribution in [0.25, 0.3) is 0 Å². The molecule has 0 saturated heterocycles. The zero-order valence-electron chi connectivity index (χ0n) is 11.8. The monoisotopic (exact) mass is 271 g/mol. The van der Waals surface area contributed by atoms with Crippen LogP contribution in [0.1, 0.15) is 12.5 Å². The molecule has 20 heavy (non-hydrogen) atoms. The van der Waals surface area contributed by atoms with E-state index in [2.05, 4.69) is 11.8 Å². The minimum absolute atomic E-state index is 0.0442. The highest BCUT2D eigenvalue weighted by Gasteiger charge is 2.06. The van der Waals surface area contributed by atoms with Crippen LogP contribution in [0, 0.1) is 0 Å². The first-order valence-corrected chi connectivity index (χ1v) is 6.92. The molecule has 0 amide bonds. The van der Waals surface area contributed by atoms with Crippen molar-refractivity contribution in [3.05, 3.63) is 64.6 Å². The van der Waals surface area contributed by atoms with E-state index >= 15 is 0 Å². The molecule has 0 aliphatic rings. The molecule has 0 saturated carbocycles. The second kappa shape index (κ2) is 6.91. The maximum Gasteiger partial charge on any atom is 0.250 e. The molecule has 0 fully saturated rings. The van der Waals surface area contributed by atoms with Gasteiger partial charge in [-0.25, -0.2) is 0 Å². The molecule has 2 N–H and O–H groups in total. The highest BCUT2D eigenvalue weighted by Crippen LogP contribution is 2.13. The van der Waals surface area contributed by atoms with Crippen molar-refractivity contribution in [2.75, 3.05) is 18.8 Å². The number of hydrogen-bond donors (Lipinski definition) is 1. The second-order valence-electron chi connectivity index (χ2n) is 4.80. The summed E-state index contributed by atoms with van der Waals surface area (Å²) in [4.78, 5) is 13.9. The van der Waals surface area contributed by atoms with Gasteiger partial charge in [0.1, 0.15) is 0 Å². The Balaban J connectivity index is 1.98. The van der Waals surface area contributed by atoms with Crippen molar-refractivity contribution in [3.8, 4) is 0 Å². The van der Waals surface area contributed by atoms with Crippen LogP contribution in [0.3, 0.4) is 0 Å². The fraction of sp³-hybridized carbons (Fsp3) is 0.312. The molecule has 106 valence electrons. The maximum atomic E-state index is 11.7. The number of aromatic nitrogens is 1. The molecule has 4 nitrogen and oxygen atoms in total. The molecule has 2 rings (SSSR count). The van der Waals surface area contributed by atoms with Crippen LogP contribution in [-0.2, 0) is 13.1 Å². The summed E-state index contributed by atoms with van der Waals surface area (Å²) < 4.78 is 1.73. The number of para-hydroxylation sites is 1. The van der Waals surface area contributed by atoms with Gasteiger partial charge in [-0.1, -0.05) is 31.2 Å². The molecule has 0 radical (unpaired) electrons. The Hall–Kier alpha value is -2.07. The molecule has 1 aromatic carbocycles. The van der Waals surface area contributed by atoms with Crippen molar-refractivity contribution in [1.29, 1.82) is 0 Å². The Labute approximate surface area is 119 Å². The average Bonchev–Trinajstić information content (AvgIpc) is 2.47. The number of nitrogen functional groups attached to an aromatic ring is 1. The molecular weight excluding hydrogens is 250 g/mol. The number of nitrogens with two attached hydrogens (primary N) is 1. The van der Waals surface area contributed by atoms with Crippen LogP contribution in [0.4, 0.5) is 5.69 Å². The highest BCUT2D eigenvalue weighted by atomic mass is 16.1. The lowest BCUT2D eigenvalue weighted by molar-refractivity contribution is 0.267. The van der Waals surface area contributed by atoms with E-state index in [1.165, 1.54) is 0 Å². The largest absolute Gasteiger partial charge is 0.398 e. The van der Waals surface area contributed by atoms with Gasteiger partial charge in [-0.3, -0.25) is 9.69 Å². The summed E-state index contributed by atoms with van der Waals surface area (Å²) in [5.41, 5.74) is 7.97. The van der Waals surface area contributed by atoms with Crippen LogP contribution in [0.2, 0.25) is 0 Å². The Bertz CT molecular complexity index is 606. The van der Waals surface area contributed by atoms with E-state index in [1.54, 1.807) is 16.7 Å². The number of likely N-dealkylation sites (N-methyl/N-ethyl adjacent to an activating group) is 1. The summed E-state index contributed by atoms with van der Waals surface area (Å²) in [6.45, 7) is 5.38. The summed E-state index contributed by atoms with van der Waals surface area (Å²) in [6.07, 6.45) is 1.83. The minimum Gasteiger partial charge on any atom is -0.398 e. The SMILES string of the molecule is CCN(CCn1ccccc1=O)Cc1ccccc1N. The summed E-state index contributed by atoms with van der Waals surface area (Å²) >= 11 is 0. The van der Waals surface area contributed by atoms with Crippen molar-refractivity contribution >= 4 is 5.69 Å². The number of benzene rings is 1. The molecular formula is C16H21N3O. The minimum atomic E-state index is 0.0442. The molecule has 0 spiro atoms. The molecule has 0 aliphatic heterocycles. The van der Waals surface area contributed by atoms with Crippen molar-refractivity contribution in [1.82, 2.24) is 9.47 Å². The van der Waals surface area contributed by atoms with Crippen LogP contribution in [0.15, 0.2) is 53.5 Å². The van der Waals surface area contributed by atoms with Gasteiger partial charge >= 0.3 is 0 Å². The first kappa shape index (κ1) is 14.3. The zero-order chi connectivity index (χ0) is 14.4. The molecule has 1 heterocycles. The van der Waals surface area contributed by atoms with Gasteiger partial charge in [-0.2, -0.15) is 0 Å². The fourth-order valence-corrected chi connectivity index (χ4v) is 2.16. The maximum absolute atomic E-state index is 11.7. The number of nitrogens with zero attached hydrogens (tertiary/aromatic N) is 2. The predicted molar refractivity (Wildman–Crippen MR) is 82.5 cm³/mol. The lowest BCUT2D eigenvalue weighted by atomic mass is 10.1. The average molecular weight is 271 g/mol. The van der Waals surface area contributed by atoms with Gasteiger partial charge in [-0.05, 0) is 24.2 Å². The van der Waals surface area contributed by atoms with Crippen LogP contribution in [0.5, 0.6) is 0 Å². The lowest BCUT2D eigenvalue weighted by Gasteiger charge is -2.21. The highest BCUT2D eigenvalue weighted by molar-refractivity contribution is 5.46. The van der Waals surface area contributed by atoms with E-state index in [4.69, 9.17) is 5.73 Å². The lowest BCUT2D eigenvalue weighted by Crippen LogP contribution is -2.30. The number of rotatable bonds is 6. The summed E-state index contributed by atoms with van der Waals surface area (Å²) in [5.74, 6) is 0. The van der Waals surface area contributed by atoms with E-state index in [0.717, 1.165) is 30.9 Å². The molecule has 1 aromatic heterocycles. The summed E-state index contributed by atoms with van der Waals surface area (Å²) in [5, 5.41) is 0. The Morgan fingerprint density at radius 3 is 2.60 bits per heavy atom. The molecule has 0 bridgehead atoms. The van der Waals surface area contributed by atoms with Gasteiger partial charge in [0.2, 0.25) is 0 Å². The molecule has 2 aromatic rings. The Kier molecular flexibility index (Phi) is 4.96. The molecule has 0 atom stereocenters. The topological polar surface area (TPSA) is 51.3 Å². The smallest absolute Gasteiger partial charge is 0.250 e. The Morgan fingerprint density at radius 1 is 1.15 bits per heavy atom. The standard InChI is InChI=1S/C16H21N3O/c1-2-18(13-14-7-3-4-8-15(14)17)11-12-19-10-6-5-9-16(19)20/h3-10H,2,11-13,17H2,1H3. The number of hydrogen-bond acceptors (Lipinski definition) is 3. The van der Waals surface area contributed by atoms with Crippen molar-refractivity contribution in [3.63, 3.8) is 0 Å². The van der Waals surface area contributed by atoms with E-state index in [1.807, 2.05) is 36.5 Å². The van der Waals surface area contributed by atoms with Crippen LogP contribution in [-0.4, -0.2) is 22.6 Å². The quantitative estimate of drug-likeness (QED) is 0.817. The van der Waals surface area contributed by atoms with Gasteiger partial charge < -0.3 is 10.3 Å². The molecule has 0 unspecified atom stereocenters. The van der Waals surface area contributed by atoms with E-state index < -0.39 is 0 Å². The van der Waals surface area contributed by atoms with E-state index in [9.17, 15) is 4.79 Å². The van der Waals surface area contributed by atoms with Gasteiger partial charge in [0.25, 0.3) is 5.56 Å². The first-order valence-electron chi connectivity index (χ1n) is 6.92. The van der Waals surface area contributed by atoms with Gasteiger partial charge in [0.05, 0.1) is 0 Å². The number of pyridine rings is 1. The third-order valence-corrected chi connectivity index (χ3v) is 3.45. The predicted octanol–water partition coefficient (Wildman–Crippen LogP) is 1.95. The van der Waals surface area contributed by atoms with E-state index in [0.29, 0.717) is 6.54 Å². The summed E-state index contributed by atoms with van der Waals surface area (Å²) in [6, 6.07) is 13.1. The molecule has 4 heteroatoms. The van der Waals surface area contributed by atoms with Crippen molar-refractivity contribution in [2.45, 2.75) is 20.0 Å². The summed E-state index contributed by atoms with van der Waals surface area (Å²) in [7, 11) is 0. The van der Waals surface area contributed by atoms with Crippen LogP contribution < -0.4 is 11.3 Å². The van der Waals surface area contributed by atoms with Crippen LogP contribution >= 0.6 is 0 Å². The number of anilines is 1. The van der Waals surface area contributed by atoms with Crippen molar-refractivity contribution < 1.29 is 0 Å². The molecule has 0 aliphatic carbocycles. The normalized spacial score (nSPS) is 10.9.